The van der Waals surface area contributed by atoms with Gasteiger partial charge in [-0.25, -0.2) is 0 Å². The summed E-state index contributed by atoms with van der Waals surface area (Å²) < 4.78 is 5.44. The molecule has 0 radical (unpaired) electrons. The second-order valence-electron chi connectivity index (χ2n) is 4.55. The zero-order valence-corrected chi connectivity index (χ0v) is 12.2. The van der Waals surface area contributed by atoms with E-state index in [9.17, 15) is 4.79 Å². The number of carbonyl (C=O) groups excluding carboxylic acids is 1. The summed E-state index contributed by atoms with van der Waals surface area (Å²) in [4.78, 5) is 16.0. The smallest absolute Gasteiger partial charge is 0.260 e. The van der Waals surface area contributed by atoms with E-state index < -0.39 is 0 Å². The molecular formula is C13H16Cl2N2O2. The summed E-state index contributed by atoms with van der Waals surface area (Å²) in [5, 5.41) is 0.988. The largest absolute Gasteiger partial charge is 0.482 e. The van der Waals surface area contributed by atoms with E-state index in [1.54, 1.807) is 23.1 Å². The van der Waals surface area contributed by atoms with Crippen LogP contribution in [0.4, 0.5) is 0 Å². The average molecular weight is 303 g/mol. The fraction of sp³-hybridized carbons (Fsp3) is 0.462. The van der Waals surface area contributed by atoms with Crippen molar-refractivity contribution in [2.75, 3.05) is 39.8 Å². The van der Waals surface area contributed by atoms with Crippen LogP contribution in [0.15, 0.2) is 18.2 Å². The van der Waals surface area contributed by atoms with Crippen LogP contribution in [0.5, 0.6) is 5.75 Å². The van der Waals surface area contributed by atoms with Crippen molar-refractivity contribution in [1.82, 2.24) is 9.80 Å². The SMILES string of the molecule is CN1CCN(C(=O)COc2cc(Cl)ccc2Cl)CC1. The third-order valence-electron chi connectivity index (χ3n) is 3.10. The lowest BCUT2D eigenvalue weighted by Gasteiger charge is -2.32. The Hall–Kier alpha value is -0.970. The van der Waals surface area contributed by atoms with Gasteiger partial charge in [-0.15, -0.1) is 0 Å². The van der Waals surface area contributed by atoms with E-state index in [0.717, 1.165) is 26.2 Å². The quantitative estimate of drug-likeness (QED) is 0.858. The van der Waals surface area contributed by atoms with E-state index in [1.165, 1.54) is 0 Å². The molecule has 0 unspecified atom stereocenters. The Kier molecular flexibility index (Phi) is 4.91. The van der Waals surface area contributed by atoms with E-state index in [2.05, 4.69) is 4.90 Å². The molecule has 1 amide bonds. The summed E-state index contributed by atoms with van der Waals surface area (Å²) in [6.07, 6.45) is 0. The van der Waals surface area contributed by atoms with Crippen molar-refractivity contribution >= 4 is 29.1 Å². The number of hydrogen-bond acceptors (Lipinski definition) is 3. The van der Waals surface area contributed by atoms with Crippen molar-refractivity contribution in [3.05, 3.63) is 28.2 Å². The molecule has 0 aliphatic carbocycles. The summed E-state index contributed by atoms with van der Waals surface area (Å²) in [6.45, 7) is 3.25. The van der Waals surface area contributed by atoms with E-state index >= 15 is 0 Å². The van der Waals surface area contributed by atoms with Gasteiger partial charge in [0, 0.05) is 37.3 Å². The van der Waals surface area contributed by atoms with Gasteiger partial charge in [0.15, 0.2) is 6.61 Å². The van der Waals surface area contributed by atoms with Gasteiger partial charge < -0.3 is 14.5 Å². The van der Waals surface area contributed by atoms with Crippen molar-refractivity contribution < 1.29 is 9.53 Å². The standard InChI is InChI=1S/C13H16Cl2N2O2/c1-16-4-6-17(7-5-16)13(18)9-19-12-8-10(14)2-3-11(12)15/h2-3,8H,4-7,9H2,1H3. The molecule has 0 saturated carbocycles. The highest BCUT2D eigenvalue weighted by Gasteiger charge is 2.19. The Bertz CT molecular complexity index is 460. The zero-order chi connectivity index (χ0) is 13.8. The molecule has 1 aliphatic rings. The minimum Gasteiger partial charge on any atom is -0.482 e. The highest BCUT2D eigenvalue weighted by Crippen LogP contribution is 2.27. The maximum absolute atomic E-state index is 12.0. The fourth-order valence-electron chi connectivity index (χ4n) is 1.87. The molecule has 1 heterocycles. The number of rotatable bonds is 3. The Labute approximate surface area is 122 Å². The minimum absolute atomic E-state index is 0.0101. The van der Waals surface area contributed by atoms with Crippen LogP contribution in [0, 0.1) is 0 Å². The molecule has 19 heavy (non-hydrogen) atoms. The van der Waals surface area contributed by atoms with Crippen LogP contribution in [0.2, 0.25) is 10.0 Å². The summed E-state index contributed by atoms with van der Waals surface area (Å²) in [5.74, 6) is 0.417. The molecule has 1 fully saturated rings. The fourth-order valence-corrected chi connectivity index (χ4v) is 2.21. The predicted molar refractivity (Wildman–Crippen MR) is 76.0 cm³/mol. The maximum Gasteiger partial charge on any atom is 0.260 e. The first-order valence-corrected chi connectivity index (χ1v) is 6.86. The van der Waals surface area contributed by atoms with E-state index in [0.29, 0.717) is 15.8 Å². The molecule has 4 nitrogen and oxygen atoms in total. The summed E-state index contributed by atoms with van der Waals surface area (Å²) in [7, 11) is 2.05. The van der Waals surface area contributed by atoms with E-state index in [4.69, 9.17) is 27.9 Å². The van der Waals surface area contributed by atoms with Gasteiger partial charge in [-0.05, 0) is 19.2 Å². The summed E-state index contributed by atoms with van der Waals surface area (Å²) in [6, 6.07) is 4.94. The summed E-state index contributed by atoms with van der Waals surface area (Å²) in [5.41, 5.74) is 0. The number of halogens is 2. The zero-order valence-electron chi connectivity index (χ0n) is 10.7. The number of piperazine rings is 1. The Balaban J connectivity index is 1.88. The average Bonchev–Trinajstić information content (AvgIpc) is 2.40. The van der Waals surface area contributed by atoms with Gasteiger partial charge in [0.1, 0.15) is 5.75 Å². The van der Waals surface area contributed by atoms with Crippen molar-refractivity contribution in [2.45, 2.75) is 0 Å². The number of hydrogen-bond donors (Lipinski definition) is 0. The summed E-state index contributed by atoms with van der Waals surface area (Å²) >= 11 is 11.8. The van der Waals surface area contributed by atoms with Crippen LogP contribution in [0.3, 0.4) is 0 Å². The number of benzene rings is 1. The van der Waals surface area contributed by atoms with E-state index in [1.807, 2.05) is 7.05 Å². The van der Waals surface area contributed by atoms with Crippen molar-refractivity contribution in [3.63, 3.8) is 0 Å². The van der Waals surface area contributed by atoms with Crippen LogP contribution in [0.1, 0.15) is 0 Å². The van der Waals surface area contributed by atoms with Gasteiger partial charge in [0.25, 0.3) is 5.91 Å². The van der Waals surface area contributed by atoms with Gasteiger partial charge >= 0.3 is 0 Å². The lowest BCUT2D eigenvalue weighted by molar-refractivity contribution is -0.134. The molecular weight excluding hydrogens is 287 g/mol. The molecule has 1 aliphatic heterocycles. The van der Waals surface area contributed by atoms with Crippen molar-refractivity contribution in [2.24, 2.45) is 0 Å². The first-order valence-electron chi connectivity index (χ1n) is 6.10. The molecule has 1 aromatic rings. The monoisotopic (exact) mass is 302 g/mol. The predicted octanol–water partition coefficient (Wildman–Crippen LogP) is 2.15. The third-order valence-corrected chi connectivity index (χ3v) is 3.65. The Morgan fingerprint density at radius 1 is 1.26 bits per heavy atom. The van der Waals surface area contributed by atoms with Gasteiger partial charge in [0.2, 0.25) is 0 Å². The van der Waals surface area contributed by atoms with Crippen LogP contribution in [0.25, 0.3) is 0 Å². The number of carbonyl (C=O) groups is 1. The van der Waals surface area contributed by atoms with Gasteiger partial charge in [-0.3, -0.25) is 4.79 Å². The Morgan fingerprint density at radius 3 is 2.63 bits per heavy atom. The highest BCUT2D eigenvalue weighted by molar-refractivity contribution is 6.34. The number of likely N-dealkylation sites (N-methyl/N-ethyl adjacent to an activating group) is 1. The molecule has 1 saturated heterocycles. The van der Waals surface area contributed by atoms with Crippen LogP contribution in [-0.4, -0.2) is 55.5 Å². The molecule has 2 rings (SSSR count). The topological polar surface area (TPSA) is 32.8 Å². The number of nitrogens with zero attached hydrogens (tertiary/aromatic N) is 2. The number of amides is 1. The highest BCUT2D eigenvalue weighted by atomic mass is 35.5. The Morgan fingerprint density at radius 2 is 1.95 bits per heavy atom. The molecule has 0 aromatic heterocycles. The molecule has 6 heteroatoms. The normalized spacial score (nSPS) is 16.5. The second-order valence-corrected chi connectivity index (χ2v) is 5.39. The van der Waals surface area contributed by atoms with Crippen LogP contribution in [-0.2, 0) is 4.79 Å². The lowest BCUT2D eigenvalue weighted by atomic mass is 10.3. The van der Waals surface area contributed by atoms with Gasteiger partial charge in [-0.1, -0.05) is 23.2 Å². The van der Waals surface area contributed by atoms with Crippen LogP contribution < -0.4 is 4.74 Å². The minimum atomic E-state index is -0.0239. The van der Waals surface area contributed by atoms with Crippen molar-refractivity contribution in [3.8, 4) is 5.75 Å². The number of ether oxygens (including phenoxy) is 1. The van der Waals surface area contributed by atoms with Crippen LogP contribution >= 0.6 is 23.2 Å². The molecule has 0 spiro atoms. The van der Waals surface area contributed by atoms with Gasteiger partial charge in [-0.2, -0.15) is 0 Å². The van der Waals surface area contributed by atoms with Crippen molar-refractivity contribution in [1.29, 1.82) is 0 Å². The second kappa shape index (κ2) is 6.46. The van der Waals surface area contributed by atoms with E-state index in [-0.39, 0.29) is 12.5 Å². The maximum atomic E-state index is 12.0. The first kappa shape index (κ1) is 14.4. The van der Waals surface area contributed by atoms with Gasteiger partial charge in [0.05, 0.1) is 5.02 Å². The molecule has 0 N–H and O–H groups in total. The molecule has 104 valence electrons. The molecule has 0 bridgehead atoms. The molecule has 0 atom stereocenters. The lowest BCUT2D eigenvalue weighted by Crippen LogP contribution is -2.48. The molecule has 1 aromatic carbocycles. The first-order chi connectivity index (χ1) is 9.06. The third kappa shape index (κ3) is 4.00.